The number of anilines is 3. The number of amides is 1. The topological polar surface area (TPSA) is 71.2 Å². The van der Waals surface area contributed by atoms with Gasteiger partial charge in [-0.1, -0.05) is 29.8 Å². The van der Waals surface area contributed by atoms with Gasteiger partial charge in [0.25, 0.3) is 5.91 Å². The number of fused-ring (bicyclic) bond motifs is 1. The molecule has 0 fully saturated rings. The van der Waals surface area contributed by atoms with Gasteiger partial charge in [0.2, 0.25) is 0 Å². The van der Waals surface area contributed by atoms with E-state index in [1.165, 1.54) is 16.9 Å². The zero-order valence-corrected chi connectivity index (χ0v) is 17.4. The summed E-state index contributed by atoms with van der Waals surface area (Å²) in [5.74, 6) is -0.222. The average Bonchev–Trinajstić information content (AvgIpc) is 3.05. The number of aryl methyl sites for hydroxylation is 1. The van der Waals surface area contributed by atoms with Crippen molar-refractivity contribution in [3.63, 3.8) is 0 Å². The van der Waals surface area contributed by atoms with Crippen molar-refractivity contribution >= 4 is 44.5 Å². The van der Waals surface area contributed by atoms with Crippen LogP contribution in [0.25, 0.3) is 21.5 Å². The van der Waals surface area contributed by atoms with Crippen LogP contribution in [-0.4, -0.2) is 25.0 Å². The number of pyridine rings is 1. The average molecular weight is 403 g/mol. The van der Waals surface area contributed by atoms with Gasteiger partial charge in [-0.3, -0.25) is 4.79 Å². The van der Waals surface area contributed by atoms with E-state index in [4.69, 9.17) is 10.7 Å². The molecule has 0 saturated heterocycles. The second kappa shape index (κ2) is 7.56. The van der Waals surface area contributed by atoms with Crippen LogP contribution in [0, 0.1) is 6.92 Å². The van der Waals surface area contributed by atoms with E-state index in [1.54, 1.807) is 0 Å². The number of carbonyl (C=O) groups is 1. The Kier molecular flexibility index (Phi) is 4.94. The van der Waals surface area contributed by atoms with Crippen molar-refractivity contribution in [2.45, 2.75) is 6.92 Å². The number of benzene rings is 2. The highest BCUT2D eigenvalue weighted by molar-refractivity contribution is 7.21. The third kappa shape index (κ3) is 3.79. The quantitative estimate of drug-likeness (QED) is 0.494. The Morgan fingerprint density at radius 1 is 1.00 bits per heavy atom. The maximum absolute atomic E-state index is 12.8. The number of aromatic nitrogens is 1. The summed E-state index contributed by atoms with van der Waals surface area (Å²) in [7, 11) is 3.95. The van der Waals surface area contributed by atoms with Crippen LogP contribution in [0.5, 0.6) is 0 Å². The largest absolute Gasteiger partial charge is 0.397 e. The normalized spacial score (nSPS) is 10.9. The first-order valence-electron chi connectivity index (χ1n) is 9.27. The number of nitrogens with two attached hydrogens (primary N) is 1. The number of rotatable bonds is 4. The Bertz CT molecular complexity index is 1180. The van der Waals surface area contributed by atoms with Crippen LogP contribution in [0.4, 0.5) is 17.1 Å². The number of hydrogen-bond acceptors (Lipinski definition) is 5. The number of nitrogens with one attached hydrogen (secondary N) is 1. The molecule has 4 aromatic rings. The molecule has 1 amide bonds. The van der Waals surface area contributed by atoms with Gasteiger partial charge in [0.1, 0.15) is 9.71 Å². The molecule has 0 unspecified atom stereocenters. The van der Waals surface area contributed by atoms with E-state index in [-0.39, 0.29) is 5.91 Å². The van der Waals surface area contributed by atoms with Crippen molar-refractivity contribution in [2.75, 3.05) is 30.0 Å². The zero-order valence-electron chi connectivity index (χ0n) is 16.6. The smallest absolute Gasteiger partial charge is 0.267 e. The molecule has 6 heteroatoms. The van der Waals surface area contributed by atoms with Gasteiger partial charge in [0.05, 0.1) is 11.4 Å². The molecule has 0 aliphatic heterocycles. The van der Waals surface area contributed by atoms with Gasteiger partial charge in [-0.05, 0) is 43.3 Å². The van der Waals surface area contributed by atoms with Crippen molar-refractivity contribution in [3.8, 4) is 11.3 Å². The molecule has 0 spiro atoms. The van der Waals surface area contributed by atoms with E-state index in [2.05, 4.69) is 24.4 Å². The van der Waals surface area contributed by atoms with Crippen molar-refractivity contribution in [1.29, 1.82) is 0 Å². The van der Waals surface area contributed by atoms with Crippen LogP contribution in [0.15, 0.2) is 60.7 Å². The van der Waals surface area contributed by atoms with Gasteiger partial charge in [-0.15, -0.1) is 11.3 Å². The van der Waals surface area contributed by atoms with Crippen molar-refractivity contribution in [2.24, 2.45) is 0 Å². The van der Waals surface area contributed by atoms with E-state index in [1.807, 2.05) is 67.5 Å². The van der Waals surface area contributed by atoms with Crippen molar-refractivity contribution in [1.82, 2.24) is 4.98 Å². The molecule has 0 radical (unpaired) electrons. The lowest BCUT2D eigenvalue weighted by atomic mass is 10.1. The summed E-state index contributed by atoms with van der Waals surface area (Å²) in [5, 5.41) is 3.73. The Labute approximate surface area is 173 Å². The first-order chi connectivity index (χ1) is 13.9. The molecular weight excluding hydrogens is 380 g/mol. The highest BCUT2D eigenvalue weighted by atomic mass is 32.1. The highest BCUT2D eigenvalue weighted by Crippen LogP contribution is 2.34. The molecule has 2 aromatic heterocycles. The van der Waals surface area contributed by atoms with E-state index in [0.717, 1.165) is 32.8 Å². The van der Waals surface area contributed by atoms with Gasteiger partial charge in [-0.2, -0.15) is 0 Å². The molecule has 2 aromatic carbocycles. The molecule has 29 heavy (non-hydrogen) atoms. The molecule has 0 bridgehead atoms. The minimum atomic E-state index is -0.222. The lowest BCUT2D eigenvalue weighted by molar-refractivity contribution is 0.103. The fourth-order valence-corrected chi connectivity index (χ4v) is 4.07. The van der Waals surface area contributed by atoms with Crippen molar-refractivity contribution < 1.29 is 4.79 Å². The van der Waals surface area contributed by atoms with Crippen LogP contribution in [0.2, 0.25) is 0 Å². The Morgan fingerprint density at radius 2 is 1.69 bits per heavy atom. The number of carbonyl (C=O) groups excluding carboxylic acids is 1. The third-order valence-corrected chi connectivity index (χ3v) is 5.90. The minimum absolute atomic E-state index is 0.222. The SMILES string of the molecule is Cc1ccc(-c2ccc3c(N)c(C(=O)Nc4ccc(N(C)C)cc4)sc3n2)cc1. The van der Waals surface area contributed by atoms with E-state index in [9.17, 15) is 4.79 Å². The maximum atomic E-state index is 12.8. The molecule has 4 rings (SSSR count). The van der Waals surface area contributed by atoms with Gasteiger partial charge in [0, 0.05) is 36.4 Å². The van der Waals surface area contributed by atoms with Gasteiger partial charge in [0.15, 0.2) is 0 Å². The lowest BCUT2D eigenvalue weighted by Gasteiger charge is -2.12. The molecular formula is C23H22N4OS. The molecule has 3 N–H and O–H groups in total. The standard InChI is InChI=1S/C23H22N4OS/c1-14-4-6-15(7-5-14)19-13-12-18-20(24)21(29-23(18)26-19)22(28)25-16-8-10-17(11-9-16)27(2)3/h4-13H,24H2,1-3H3,(H,25,28). The fourth-order valence-electron chi connectivity index (χ4n) is 3.08. The molecule has 5 nitrogen and oxygen atoms in total. The summed E-state index contributed by atoms with van der Waals surface area (Å²) < 4.78 is 0. The van der Waals surface area contributed by atoms with Crippen LogP contribution < -0.4 is 16.0 Å². The van der Waals surface area contributed by atoms with Crippen LogP contribution >= 0.6 is 11.3 Å². The first-order valence-corrected chi connectivity index (χ1v) is 10.1. The number of nitrogen functional groups attached to an aromatic ring is 1. The maximum Gasteiger partial charge on any atom is 0.267 e. The molecule has 0 aliphatic rings. The van der Waals surface area contributed by atoms with Gasteiger partial charge < -0.3 is 16.0 Å². The highest BCUT2D eigenvalue weighted by Gasteiger charge is 2.18. The van der Waals surface area contributed by atoms with Crippen LogP contribution in [0.3, 0.4) is 0 Å². The van der Waals surface area contributed by atoms with Crippen molar-refractivity contribution in [3.05, 3.63) is 71.1 Å². The number of hydrogen-bond donors (Lipinski definition) is 2. The summed E-state index contributed by atoms with van der Waals surface area (Å²) in [6, 6.07) is 19.8. The third-order valence-electron chi connectivity index (χ3n) is 4.79. The molecule has 0 atom stereocenters. The fraction of sp³-hybridized carbons (Fsp3) is 0.130. The van der Waals surface area contributed by atoms with Crippen LogP contribution in [0.1, 0.15) is 15.2 Å². The summed E-state index contributed by atoms with van der Waals surface area (Å²) in [5.41, 5.74) is 11.6. The predicted octanol–water partition coefficient (Wildman–Crippen LogP) is 5.17. The lowest BCUT2D eigenvalue weighted by Crippen LogP contribution is -2.12. The second-order valence-electron chi connectivity index (χ2n) is 7.16. The molecule has 0 saturated carbocycles. The Balaban J connectivity index is 1.62. The number of nitrogens with zero attached hydrogens (tertiary/aromatic N) is 2. The summed E-state index contributed by atoms with van der Waals surface area (Å²) >= 11 is 1.31. The molecule has 2 heterocycles. The minimum Gasteiger partial charge on any atom is -0.397 e. The van der Waals surface area contributed by atoms with E-state index in [0.29, 0.717) is 10.6 Å². The van der Waals surface area contributed by atoms with Crippen LogP contribution in [-0.2, 0) is 0 Å². The summed E-state index contributed by atoms with van der Waals surface area (Å²) in [6.07, 6.45) is 0. The van der Waals surface area contributed by atoms with E-state index >= 15 is 0 Å². The summed E-state index contributed by atoms with van der Waals surface area (Å²) in [6.45, 7) is 2.05. The second-order valence-corrected chi connectivity index (χ2v) is 8.15. The summed E-state index contributed by atoms with van der Waals surface area (Å²) in [4.78, 5) is 20.8. The van der Waals surface area contributed by atoms with E-state index < -0.39 is 0 Å². The molecule has 146 valence electrons. The predicted molar refractivity (Wildman–Crippen MR) is 123 cm³/mol. The Morgan fingerprint density at radius 3 is 2.34 bits per heavy atom. The monoisotopic (exact) mass is 402 g/mol. The van der Waals surface area contributed by atoms with Gasteiger partial charge >= 0.3 is 0 Å². The molecule has 0 aliphatic carbocycles. The zero-order chi connectivity index (χ0) is 20.5. The first kappa shape index (κ1) is 19.0. The Hall–Kier alpha value is -3.38. The number of thiophene rings is 1. The van der Waals surface area contributed by atoms with Gasteiger partial charge in [-0.25, -0.2) is 4.98 Å².